The molecule has 0 fully saturated rings. The van der Waals surface area contributed by atoms with Crippen molar-refractivity contribution in [3.05, 3.63) is 65.7 Å². The van der Waals surface area contributed by atoms with Crippen molar-refractivity contribution in [1.29, 1.82) is 0 Å². The Morgan fingerprint density at radius 3 is 2.29 bits per heavy atom. The molecule has 0 saturated carbocycles. The molecule has 0 aromatic heterocycles. The largest absolute Gasteiger partial charge is 0.344 e. The molecule has 2 aromatic carbocycles. The van der Waals surface area contributed by atoms with E-state index in [0.29, 0.717) is 12.2 Å². The highest BCUT2D eigenvalue weighted by molar-refractivity contribution is 6.39. The third-order valence-electron chi connectivity index (χ3n) is 3.15. The van der Waals surface area contributed by atoms with Gasteiger partial charge in [0.15, 0.2) is 0 Å². The van der Waals surface area contributed by atoms with Crippen LogP contribution in [-0.4, -0.2) is 11.8 Å². The monoisotopic (exact) mass is 282 g/mol. The fourth-order valence-electron chi connectivity index (χ4n) is 1.99. The average molecular weight is 282 g/mol. The second-order valence-electron chi connectivity index (χ2n) is 4.63. The van der Waals surface area contributed by atoms with Gasteiger partial charge in [-0.2, -0.15) is 0 Å². The molecule has 2 rings (SSSR count). The van der Waals surface area contributed by atoms with Crippen LogP contribution in [0.25, 0.3) is 0 Å². The molecule has 0 heterocycles. The molecule has 2 N–H and O–H groups in total. The number of aryl methyl sites for hydroxylation is 1. The first-order valence-electron chi connectivity index (χ1n) is 6.91. The minimum Gasteiger partial charge on any atom is -0.344 e. The summed E-state index contributed by atoms with van der Waals surface area (Å²) in [6.07, 6.45) is 0.794. The second-order valence-corrected chi connectivity index (χ2v) is 4.63. The summed E-state index contributed by atoms with van der Waals surface area (Å²) in [5.74, 6) is -1.28. The lowest BCUT2D eigenvalue weighted by Crippen LogP contribution is -2.35. The third kappa shape index (κ3) is 4.18. The maximum Gasteiger partial charge on any atom is 0.313 e. The number of benzene rings is 2. The van der Waals surface area contributed by atoms with Gasteiger partial charge in [-0.05, 0) is 23.6 Å². The van der Waals surface area contributed by atoms with E-state index < -0.39 is 11.8 Å². The molecule has 0 aliphatic rings. The lowest BCUT2D eigenvalue weighted by atomic mass is 10.1. The summed E-state index contributed by atoms with van der Waals surface area (Å²) in [4.78, 5) is 23.7. The maximum atomic E-state index is 11.9. The van der Waals surface area contributed by atoms with Crippen molar-refractivity contribution in [3.63, 3.8) is 0 Å². The Kier molecular flexibility index (Phi) is 5.10. The first-order valence-corrected chi connectivity index (χ1v) is 6.91. The van der Waals surface area contributed by atoms with E-state index in [-0.39, 0.29) is 0 Å². The van der Waals surface area contributed by atoms with Gasteiger partial charge >= 0.3 is 11.8 Å². The van der Waals surface area contributed by atoms with Crippen LogP contribution in [0.4, 0.5) is 5.69 Å². The van der Waals surface area contributed by atoms with Crippen molar-refractivity contribution in [2.45, 2.75) is 19.9 Å². The molecule has 0 unspecified atom stereocenters. The lowest BCUT2D eigenvalue weighted by molar-refractivity contribution is -0.136. The fraction of sp³-hybridized carbons (Fsp3) is 0.176. The number of carbonyl (C=O) groups is 2. The normalized spacial score (nSPS) is 9.95. The highest BCUT2D eigenvalue weighted by atomic mass is 16.2. The summed E-state index contributed by atoms with van der Waals surface area (Å²) >= 11 is 0. The zero-order valence-electron chi connectivity index (χ0n) is 11.9. The molecule has 0 aliphatic carbocycles. The molecule has 0 spiro atoms. The Labute approximate surface area is 124 Å². The minimum absolute atomic E-state index is 0.336. The van der Waals surface area contributed by atoms with Crippen LogP contribution >= 0.6 is 0 Å². The molecule has 21 heavy (non-hydrogen) atoms. The molecule has 0 aliphatic heterocycles. The number of nitrogens with one attached hydrogen (secondary N) is 2. The van der Waals surface area contributed by atoms with Gasteiger partial charge in [0.1, 0.15) is 0 Å². The summed E-state index contributed by atoms with van der Waals surface area (Å²) < 4.78 is 0. The third-order valence-corrected chi connectivity index (χ3v) is 3.15. The van der Waals surface area contributed by atoms with Gasteiger partial charge in [-0.3, -0.25) is 9.59 Å². The van der Waals surface area contributed by atoms with Crippen molar-refractivity contribution in [1.82, 2.24) is 5.32 Å². The van der Waals surface area contributed by atoms with Crippen molar-refractivity contribution < 1.29 is 9.59 Å². The molecule has 4 heteroatoms. The fourth-order valence-corrected chi connectivity index (χ4v) is 1.99. The van der Waals surface area contributed by atoms with Crippen molar-refractivity contribution in [3.8, 4) is 0 Å². The predicted molar refractivity (Wildman–Crippen MR) is 82.7 cm³/mol. The van der Waals surface area contributed by atoms with Crippen LogP contribution in [0.1, 0.15) is 18.1 Å². The molecule has 0 saturated heterocycles. The van der Waals surface area contributed by atoms with E-state index in [2.05, 4.69) is 10.6 Å². The van der Waals surface area contributed by atoms with Crippen molar-refractivity contribution in [2.24, 2.45) is 0 Å². The zero-order chi connectivity index (χ0) is 15.1. The van der Waals surface area contributed by atoms with Gasteiger partial charge in [-0.15, -0.1) is 0 Å². The zero-order valence-corrected chi connectivity index (χ0v) is 11.9. The van der Waals surface area contributed by atoms with Crippen molar-refractivity contribution >= 4 is 17.5 Å². The standard InChI is InChI=1S/C17H18N2O2/c1-2-14-10-6-7-11-15(14)19-17(21)16(20)18-12-13-8-4-3-5-9-13/h3-11H,2,12H2,1H3,(H,18,20)(H,19,21). The highest BCUT2D eigenvalue weighted by Crippen LogP contribution is 2.15. The average Bonchev–Trinajstić information content (AvgIpc) is 2.54. The van der Waals surface area contributed by atoms with Crippen LogP contribution < -0.4 is 10.6 Å². The quantitative estimate of drug-likeness (QED) is 0.847. The molecule has 2 amide bonds. The number of carbonyl (C=O) groups excluding carboxylic acids is 2. The van der Waals surface area contributed by atoms with Crippen LogP contribution in [-0.2, 0) is 22.6 Å². The van der Waals surface area contributed by atoms with Crippen LogP contribution in [0.15, 0.2) is 54.6 Å². The van der Waals surface area contributed by atoms with E-state index in [9.17, 15) is 9.59 Å². The minimum atomic E-state index is -0.646. The Hall–Kier alpha value is -2.62. The predicted octanol–water partition coefficient (Wildman–Crippen LogP) is 2.50. The van der Waals surface area contributed by atoms with E-state index >= 15 is 0 Å². The Balaban J connectivity index is 1.92. The second kappa shape index (κ2) is 7.24. The van der Waals surface area contributed by atoms with E-state index in [0.717, 1.165) is 17.5 Å². The molecule has 0 atom stereocenters. The van der Waals surface area contributed by atoms with E-state index in [1.165, 1.54) is 0 Å². The summed E-state index contributed by atoms with van der Waals surface area (Å²) in [7, 11) is 0. The maximum absolute atomic E-state index is 11.9. The van der Waals surface area contributed by atoms with Crippen LogP contribution in [0.3, 0.4) is 0 Å². The van der Waals surface area contributed by atoms with Crippen molar-refractivity contribution in [2.75, 3.05) is 5.32 Å². The molecular formula is C17H18N2O2. The molecule has 0 radical (unpaired) electrons. The molecule has 0 bridgehead atoms. The number of amides is 2. The van der Waals surface area contributed by atoms with Gasteiger partial charge in [0, 0.05) is 12.2 Å². The smallest absolute Gasteiger partial charge is 0.313 e. The van der Waals surface area contributed by atoms with E-state index in [1.807, 2.05) is 55.5 Å². The summed E-state index contributed by atoms with van der Waals surface area (Å²) in [5.41, 5.74) is 2.63. The Morgan fingerprint density at radius 2 is 1.57 bits per heavy atom. The SMILES string of the molecule is CCc1ccccc1NC(=O)C(=O)NCc1ccccc1. The first-order chi connectivity index (χ1) is 10.2. The Morgan fingerprint density at radius 1 is 0.905 bits per heavy atom. The molecular weight excluding hydrogens is 264 g/mol. The van der Waals surface area contributed by atoms with Gasteiger partial charge in [-0.25, -0.2) is 0 Å². The van der Waals surface area contributed by atoms with Gasteiger partial charge in [0.05, 0.1) is 0 Å². The van der Waals surface area contributed by atoms with Crippen LogP contribution in [0.2, 0.25) is 0 Å². The topological polar surface area (TPSA) is 58.2 Å². The van der Waals surface area contributed by atoms with E-state index in [1.54, 1.807) is 6.07 Å². The van der Waals surface area contributed by atoms with Gasteiger partial charge < -0.3 is 10.6 Å². The molecule has 4 nitrogen and oxygen atoms in total. The summed E-state index contributed by atoms with van der Waals surface area (Å²) in [6, 6.07) is 16.9. The van der Waals surface area contributed by atoms with E-state index in [4.69, 9.17) is 0 Å². The number of rotatable bonds is 4. The Bertz CT molecular complexity index is 624. The summed E-state index contributed by atoms with van der Waals surface area (Å²) in [6.45, 7) is 2.34. The van der Waals surface area contributed by atoms with Crippen LogP contribution in [0, 0.1) is 0 Å². The first kappa shape index (κ1) is 14.8. The number of anilines is 1. The molecule has 108 valence electrons. The van der Waals surface area contributed by atoms with Crippen LogP contribution in [0.5, 0.6) is 0 Å². The highest BCUT2D eigenvalue weighted by Gasteiger charge is 2.14. The van der Waals surface area contributed by atoms with Gasteiger partial charge in [0.2, 0.25) is 0 Å². The molecule has 2 aromatic rings. The number of para-hydroxylation sites is 1. The van der Waals surface area contributed by atoms with Gasteiger partial charge in [0.25, 0.3) is 0 Å². The number of hydrogen-bond donors (Lipinski definition) is 2. The summed E-state index contributed by atoms with van der Waals surface area (Å²) in [5, 5.41) is 5.25. The van der Waals surface area contributed by atoms with Gasteiger partial charge in [-0.1, -0.05) is 55.5 Å². The lowest BCUT2D eigenvalue weighted by Gasteiger charge is -2.09. The number of hydrogen-bond acceptors (Lipinski definition) is 2.